The second-order valence-corrected chi connectivity index (χ2v) is 3.97. The van der Waals surface area contributed by atoms with E-state index in [4.69, 9.17) is 33.0 Å². The van der Waals surface area contributed by atoms with Gasteiger partial charge < -0.3 is 14.7 Å². The van der Waals surface area contributed by atoms with Crippen LogP contribution in [0.2, 0.25) is 10.6 Å². The molecule has 0 amide bonds. The largest absolute Gasteiger partial charge is 0.394 e. The Morgan fingerprint density at radius 3 is 2.62 bits per heavy atom. The maximum absolute atomic E-state index is 9.01. The van der Waals surface area contributed by atoms with Crippen molar-refractivity contribution in [2.75, 3.05) is 31.2 Å². The van der Waals surface area contributed by atoms with Crippen LogP contribution >= 0.6 is 23.2 Å². The van der Waals surface area contributed by atoms with Crippen LogP contribution in [0.15, 0.2) is 0 Å². The Hall–Kier alpha value is -0.690. The Morgan fingerprint density at radius 1 is 1.31 bits per heavy atom. The highest BCUT2D eigenvalue weighted by molar-refractivity contribution is 6.31. The van der Waals surface area contributed by atoms with E-state index in [2.05, 4.69) is 15.0 Å². The molecule has 0 spiro atoms. The van der Waals surface area contributed by atoms with Crippen molar-refractivity contribution in [3.63, 3.8) is 0 Å². The predicted molar refractivity (Wildman–Crippen MR) is 58.9 cm³/mol. The molecule has 2 rings (SSSR count). The lowest BCUT2D eigenvalue weighted by Gasteiger charge is -2.31. The molecule has 1 saturated heterocycles. The average Bonchev–Trinajstić information content (AvgIpc) is 2.28. The highest BCUT2D eigenvalue weighted by Gasteiger charge is 2.22. The highest BCUT2D eigenvalue weighted by atomic mass is 35.5. The number of halogens is 2. The van der Waals surface area contributed by atoms with Crippen LogP contribution in [-0.4, -0.2) is 52.5 Å². The van der Waals surface area contributed by atoms with Gasteiger partial charge in [0.05, 0.1) is 19.3 Å². The number of ether oxygens (including phenoxy) is 1. The summed E-state index contributed by atoms with van der Waals surface area (Å²) in [4.78, 5) is 13.5. The summed E-state index contributed by atoms with van der Waals surface area (Å²) in [7, 11) is 0. The van der Waals surface area contributed by atoms with E-state index in [1.807, 2.05) is 4.90 Å². The van der Waals surface area contributed by atoms with E-state index in [0.717, 1.165) is 0 Å². The summed E-state index contributed by atoms with van der Waals surface area (Å²) >= 11 is 11.4. The third kappa shape index (κ3) is 2.70. The Morgan fingerprint density at radius 2 is 2.00 bits per heavy atom. The number of hydrogen-bond donors (Lipinski definition) is 1. The maximum atomic E-state index is 9.01. The van der Waals surface area contributed by atoms with Crippen LogP contribution < -0.4 is 4.90 Å². The number of aromatic nitrogens is 3. The monoisotopic (exact) mass is 264 g/mol. The predicted octanol–water partition coefficient (Wildman–Crippen LogP) is 0.376. The normalized spacial score (nSPS) is 21.2. The van der Waals surface area contributed by atoms with E-state index in [-0.39, 0.29) is 23.3 Å². The fraction of sp³-hybridized carbons (Fsp3) is 0.625. The van der Waals surface area contributed by atoms with Gasteiger partial charge in [0.1, 0.15) is 0 Å². The van der Waals surface area contributed by atoms with E-state index >= 15 is 0 Å². The number of hydrogen-bond acceptors (Lipinski definition) is 6. The summed E-state index contributed by atoms with van der Waals surface area (Å²) in [6, 6.07) is 0. The fourth-order valence-electron chi connectivity index (χ4n) is 1.47. The molecule has 0 saturated carbocycles. The van der Waals surface area contributed by atoms with Crippen molar-refractivity contribution in [2.45, 2.75) is 6.10 Å². The van der Waals surface area contributed by atoms with Crippen LogP contribution in [0.3, 0.4) is 0 Å². The molecule has 2 heterocycles. The van der Waals surface area contributed by atoms with Gasteiger partial charge in [0.15, 0.2) is 0 Å². The van der Waals surface area contributed by atoms with E-state index in [1.54, 1.807) is 0 Å². The lowest BCUT2D eigenvalue weighted by molar-refractivity contribution is 0.00313. The summed E-state index contributed by atoms with van der Waals surface area (Å²) in [6.45, 7) is 1.61. The van der Waals surface area contributed by atoms with Crippen molar-refractivity contribution in [1.29, 1.82) is 0 Å². The molecule has 0 aliphatic carbocycles. The maximum Gasteiger partial charge on any atom is 0.231 e. The lowest BCUT2D eigenvalue weighted by atomic mass is 10.3. The minimum atomic E-state index is -0.233. The molecule has 0 bridgehead atoms. The summed E-state index contributed by atoms with van der Waals surface area (Å²) in [5.74, 6) is 0.409. The summed E-state index contributed by atoms with van der Waals surface area (Å²) < 4.78 is 5.31. The zero-order valence-electron chi connectivity index (χ0n) is 8.31. The molecule has 6 nitrogen and oxygen atoms in total. The van der Waals surface area contributed by atoms with Crippen LogP contribution in [0, 0.1) is 0 Å². The smallest absolute Gasteiger partial charge is 0.231 e. The molecule has 0 radical (unpaired) electrons. The number of rotatable bonds is 2. The Labute approximate surface area is 102 Å². The molecule has 1 aliphatic rings. The SMILES string of the molecule is OCC1CN(c2nc(Cl)nc(Cl)n2)CCO1. The van der Waals surface area contributed by atoms with Crippen LogP contribution in [-0.2, 0) is 4.74 Å². The molecule has 1 fully saturated rings. The van der Waals surface area contributed by atoms with Gasteiger partial charge in [-0.25, -0.2) is 0 Å². The van der Waals surface area contributed by atoms with Gasteiger partial charge in [-0.2, -0.15) is 15.0 Å². The fourth-order valence-corrected chi connectivity index (χ4v) is 1.82. The molecule has 1 atom stereocenters. The molecule has 8 heteroatoms. The topological polar surface area (TPSA) is 71.4 Å². The van der Waals surface area contributed by atoms with Crippen molar-refractivity contribution in [1.82, 2.24) is 15.0 Å². The van der Waals surface area contributed by atoms with Crippen molar-refractivity contribution in [2.24, 2.45) is 0 Å². The van der Waals surface area contributed by atoms with Crippen molar-refractivity contribution >= 4 is 29.2 Å². The number of anilines is 1. The lowest BCUT2D eigenvalue weighted by Crippen LogP contribution is -2.44. The summed E-state index contributed by atoms with van der Waals surface area (Å²) in [5, 5.41) is 9.12. The Bertz CT molecular complexity index is 359. The zero-order valence-corrected chi connectivity index (χ0v) is 9.82. The van der Waals surface area contributed by atoms with Gasteiger partial charge in [-0.15, -0.1) is 0 Å². The van der Waals surface area contributed by atoms with Gasteiger partial charge in [-0.3, -0.25) is 0 Å². The Balaban J connectivity index is 2.16. The minimum Gasteiger partial charge on any atom is -0.394 e. The first-order chi connectivity index (χ1) is 7.69. The second kappa shape index (κ2) is 5.09. The zero-order chi connectivity index (χ0) is 11.5. The molecular weight excluding hydrogens is 255 g/mol. The molecule has 88 valence electrons. The molecular formula is C8H10Cl2N4O2. The number of aliphatic hydroxyl groups excluding tert-OH is 1. The van der Waals surface area contributed by atoms with Crippen LogP contribution in [0.1, 0.15) is 0 Å². The van der Waals surface area contributed by atoms with E-state index in [9.17, 15) is 0 Å². The minimum absolute atomic E-state index is 0.0386. The van der Waals surface area contributed by atoms with Crippen molar-refractivity contribution < 1.29 is 9.84 Å². The summed E-state index contributed by atoms with van der Waals surface area (Å²) in [5.41, 5.74) is 0. The van der Waals surface area contributed by atoms with E-state index < -0.39 is 0 Å². The molecule has 1 N–H and O–H groups in total. The first kappa shape index (κ1) is 11.8. The average molecular weight is 265 g/mol. The molecule has 1 aromatic heterocycles. The van der Waals surface area contributed by atoms with Crippen LogP contribution in [0.4, 0.5) is 5.95 Å². The number of aliphatic hydroxyl groups is 1. The van der Waals surface area contributed by atoms with Crippen LogP contribution in [0.5, 0.6) is 0 Å². The van der Waals surface area contributed by atoms with Crippen molar-refractivity contribution in [3.05, 3.63) is 10.6 Å². The van der Waals surface area contributed by atoms with Gasteiger partial charge in [-0.1, -0.05) is 0 Å². The third-order valence-corrected chi connectivity index (χ3v) is 2.53. The van der Waals surface area contributed by atoms with Gasteiger partial charge >= 0.3 is 0 Å². The van der Waals surface area contributed by atoms with Gasteiger partial charge in [0.2, 0.25) is 16.5 Å². The van der Waals surface area contributed by atoms with E-state index in [1.165, 1.54) is 0 Å². The van der Waals surface area contributed by atoms with E-state index in [0.29, 0.717) is 25.6 Å². The molecule has 0 aromatic carbocycles. The molecule has 1 unspecified atom stereocenters. The van der Waals surface area contributed by atoms with Gasteiger partial charge in [0.25, 0.3) is 0 Å². The second-order valence-electron chi connectivity index (χ2n) is 3.29. The molecule has 1 aromatic rings. The number of nitrogens with zero attached hydrogens (tertiary/aromatic N) is 4. The molecule has 1 aliphatic heterocycles. The summed E-state index contributed by atoms with van der Waals surface area (Å²) in [6.07, 6.45) is -0.233. The van der Waals surface area contributed by atoms with Gasteiger partial charge in [0, 0.05) is 13.1 Å². The third-order valence-electron chi connectivity index (χ3n) is 2.19. The number of morpholine rings is 1. The standard InChI is InChI=1S/C8H10Cl2N4O2/c9-6-11-7(10)13-8(12-6)14-1-2-16-5(3-14)4-15/h5,15H,1-4H2. The first-order valence-corrected chi connectivity index (χ1v) is 5.49. The van der Waals surface area contributed by atoms with Crippen molar-refractivity contribution in [3.8, 4) is 0 Å². The van der Waals surface area contributed by atoms with Crippen LogP contribution in [0.25, 0.3) is 0 Å². The molecule has 16 heavy (non-hydrogen) atoms. The van der Waals surface area contributed by atoms with Gasteiger partial charge in [-0.05, 0) is 23.2 Å². The Kier molecular flexibility index (Phi) is 3.75. The first-order valence-electron chi connectivity index (χ1n) is 4.73. The highest BCUT2D eigenvalue weighted by Crippen LogP contribution is 2.16. The quantitative estimate of drug-likeness (QED) is 0.833.